The SMILES string of the molecule is Cc1cc(NC2CCCOC2)nc(N2CCOCC2)c1. The van der Waals surface area contributed by atoms with E-state index in [1.165, 1.54) is 5.56 Å². The Bertz CT molecular complexity index is 441. The predicted octanol–water partition coefficient (Wildman–Crippen LogP) is 1.82. The molecule has 5 heteroatoms. The van der Waals surface area contributed by atoms with E-state index in [-0.39, 0.29) is 0 Å². The average molecular weight is 277 g/mol. The number of morpholine rings is 1. The summed E-state index contributed by atoms with van der Waals surface area (Å²) >= 11 is 0. The molecule has 1 aromatic rings. The molecule has 3 rings (SSSR count). The molecule has 0 aromatic carbocycles. The number of aryl methyl sites for hydroxylation is 1. The van der Waals surface area contributed by atoms with Crippen LogP contribution in [-0.4, -0.2) is 50.5 Å². The van der Waals surface area contributed by atoms with Gasteiger partial charge >= 0.3 is 0 Å². The topological polar surface area (TPSA) is 46.6 Å². The van der Waals surface area contributed by atoms with Crippen LogP contribution in [0.3, 0.4) is 0 Å². The van der Waals surface area contributed by atoms with Crippen molar-refractivity contribution >= 4 is 11.6 Å². The van der Waals surface area contributed by atoms with Gasteiger partial charge in [0.1, 0.15) is 11.6 Å². The van der Waals surface area contributed by atoms with E-state index in [0.29, 0.717) is 6.04 Å². The van der Waals surface area contributed by atoms with Gasteiger partial charge in [-0.25, -0.2) is 4.98 Å². The molecule has 0 radical (unpaired) electrons. The van der Waals surface area contributed by atoms with Crippen molar-refractivity contribution in [2.24, 2.45) is 0 Å². The average Bonchev–Trinajstić information content (AvgIpc) is 2.49. The summed E-state index contributed by atoms with van der Waals surface area (Å²) in [5.74, 6) is 2.01. The van der Waals surface area contributed by atoms with Crippen molar-refractivity contribution in [3.05, 3.63) is 17.7 Å². The minimum atomic E-state index is 0.385. The highest BCUT2D eigenvalue weighted by atomic mass is 16.5. The fourth-order valence-corrected chi connectivity index (χ4v) is 2.74. The minimum Gasteiger partial charge on any atom is -0.379 e. The first-order valence-corrected chi connectivity index (χ1v) is 7.47. The molecule has 0 bridgehead atoms. The molecule has 0 aliphatic carbocycles. The highest BCUT2D eigenvalue weighted by Crippen LogP contribution is 2.20. The van der Waals surface area contributed by atoms with Gasteiger partial charge in [0.25, 0.3) is 0 Å². The summed E-state index contributed by atoms with van der Waals surface area (Å²) in [7, 11) is 0. The molecule has 2 fully saturated rings. The Morgan fingerprint density at radius 2 is 2.05 bits per heavy atom. The number of rotatable bonds is 3. The van der Waals surface area contributed by atoms with Crippen LogP contribution in [0.25, 0.3) is 0 Å². The molecule has 0 spiro atoms. The second-order valence-electron chi connectivity index (χ2n) is 5.55. The van der Waals surface area contributed by atoms with Gasteiger partial charge in [-0.05, 0) is 37.5 Å². The van der Waals surface area contributed by atoms with E-state index in [1.807, 2.05) is 0 Å². The van der Waals surface area contributed by atoms with Gasteiger partial charge in [0.2, 0.25) is 0 Å². The van der Waals surface area contributed by atoms with Crippen LogP contribution < -0.4 is 10.2 Å². The van der Waals surface area contributed by atoms with Crippen molar-refractivity contribution in [1.29, 1.82) is 0 Å². The molecule has 2 saturated heterocycles. The van der Waals surface area contributed by atoms with Crippen LogP contribution in [0.15, 0.2) is 12.1 Å². The summed E-state index contributed by atoms with van der Waals surface area (Å²) in [6.45, 7) is 7.20. The van der Waals surface area contributed by atoms with Crippen LogP contribution in [0.5, 0.6) is 0 Å². The molecule has 110 valence electrons. The molecular weight excluding hydrogens is 254 g/mol. The van der Waals surface area contributed by atoms with E-state index in [4.69, 9.17) is 14.5 Å². The second-order valence-corrected chi connectivity index (χ2v) is 5.55. The molecule has 2 aliphatic heterocycles. The number of pyridine rings is 1. The van der Waals surface area contributed by atoms with Crippen molar-refractivity contribution in [2.45, 2.75) is 25.8 Å². The van der Waals surface area contributed by atoms with Crippen molar-refractivity contribution in [1.82, 2.24) is 4.98 Å². The summed E-state index contributed by atoms with van der Waals surface area (Å²) in [5.41, 5.74) is 1.24. The van der Waals surface area contributed by atoms with Gasteiger partial charge in [-0.3, -0.25) is 0 Å². The summed E-state index contributed by atoms with van der Waals surface area (Å²) < 4.78 is 10.9. The lowest BCUT2D eigenvalue weighted by molar-refractivity contribution is 0.0875. The van der Waals surface area contributed by atoms with Crippen LogP contribution >= 0.6 is 0 Å². The number of aromatic nitrogens is 1. The molecule has 2 aliphatic rings. The number of hydrogen-bond donors (Lipinski definition) is 1. The third-order valence-electron chi connectivity index (χ3n) is 3.80. The van der Waals surface area contributed by atoms with Crippen LogP contribution in [0.1, 0.15) is 18.4 Å². The number of ether oxygens (including phenoxy) is 2. The molecule has 1 atom stereocenters. The smallest absolute Gasteiger partial charge is 0.131 e. The van der Waals surface area contributed by atoms with Gasteiger partial charge in [0, 0.05) is 19.7 Å². The van der Waals surface area contributed by atoms with E-state index in [2.05, 4.69) is 29.3 Å². The molecule has 0 saturated carbocycles. The van der Waals surface area contributed by atoms with Gasteiger partial charge in [-0.2, -0.15) is 0 Å². The van der Waals surface area contributed by atoms with E-state index < -0.39 is 0 Å². The Labute approximate surface area is 120 Å². The molecule has 1 unspecified atom stereocenters. The minimum absolute atomic E-state index is 0.385. The maximum atomic E-state index is 5.51. The number of anilines is 2. The van der Waals surface area contributed by atoms with Crippen LogP contribution in [0, 0.1) is 6.92 Å². The van der Waals surface area contributed by atoms with Gasteiger partial charge in [-0.15, -0.1) is 0 Å². The van der Waals surface area contributed by atoms with Crippen LogP contribution in [0.4, 0.5) is 11.6 Å². The van der Waals surface area contributed by atoms with E-state index >= 15 is 0 Å². The first-order chi connectivity index (χ1) is 9.81. The van der Waals surface area contributed by atoms with Gasteiger partial charge < -0.3 is 19.7 Å². The zero-order valence-electron chi connectivity index (χ0n) is 12.1. The first-order valence-electron chi connectivity index (χ1n) is 7.47. The molecule has 1 N–H and O–H groups in total. The maximum Gasteiger partial charge on any atom is 0.131 e. The lowest BCUT2D eigenvalue weighted by atomic mass is 10.1. The Balaban J connectivity index is 1.71. The monoisotopic (exact) mass is 277 g/mol. The molecule has 3 heterocycles. The lowest BCUT2D eigenvalue weighted by Crippen LogP contribution is -2.37. The quantitative estimate of drug-likeness (QED) is 0.913. The molecular formula is C15H23N3O2. The Morgan fingerprint density at radius 3 is 2.80 bits per heavy atom. The number of nitrogens with one attached hydrogen (secondary N) is 1. The zero-order valence-corrected chi connectivity index (χ0v) is 12.1. The zero-order chi connectivity index (χ0) is 13.8. The fraction of sp³-hybridized carbons (Fsp3) is 0.667. The molecule has 5 nitrogen and oxygen atoms in total. The largest absolute Gasteiger partial charge is 0.379 e. The lowest BCUT2D eigenvalue weighted by Gasteiger charge is -2.29. The van der Waals surface area contributed by atoms with Crippen molar-refractivity contribution in [2.75, 3.05) is 49.7 Å². The van der Waals surface area contributed by atoms with Crippen molar-refractivity contribution in [3.8, 4) is 0 Å². The normalized spacial score (nSPS) is 23.6. The van der Waals surface area contributed by atoms with Gasteiger partial charge in [0.15, 0.2) is 0 Å². The highest BCUT2D eigenvalue weighted by Gasteiger charge is 2.16. The Kier molecular flexibility index (Phi) is 4.38. The van der Waals surface area contributed by atoms with Gasteiger partial charge in [0.05, 0.1) is 25.9 Å². The summed E-state index contributed by atoms with van der Waals surface area (Å²) in [6, 6.07) is 4.64. The van der Waals surface area contributed by atoms with Crippen LogP contribution in [0.2, 0.25) is 0 Å². The first kappa shape index (κ1) is 13.6. The predicted molar refractivity (Wildman–Crippen MR) is 79.5 cm³/mol. The van der Waals surface area contributed by atoms with E-state index in [1.54, 1.807) is 0 Å². The standard InChI is InChI=1S/C15H23N3O2/c1-12-9-14(16-13-3-2-6-20-11-13)17-15(10-12)18-4-7-19-8-5-18/h9-10,13H,2-8,11H2,1H3,(H,16,17). The molecule has 20 heavy (non-hydrogen) atoms. The highest BCUT2D eigenvalue weighted by molar-refractivity contribution is 5.50. The number of nitrogens with zero attached hydrogens (tertiary/aromatic N) is 2. The van der Waals surface area contributed by atoms with Crippen molar-refractivity contribution in [3.63, 3.8) is 0 Å². The summed E-state index contributed by atoms with van der Waals surface area (Å²) in [6.07, 6.45) is 2.28. The summed E-state index contributed by atoms with van der Waals surface area (Å²) in [5, 5.41) is 3.51. The Hall–Kier alpha value is -1.33. The third-order valence-corrected chi connectivity index (χ3v) is 3.80. The molecule has 0 amide bonds. The van der Waals surface area contributed by atoms with Gasteiger partial charge in [-0.1, -0.05) is 0 Å². The fourth-order valence-electron chi connectivity index (χ4n) is 2.74. The number of hydrogen-bond acceptors (Lipinski definition) is 5. The maximum absolute atomic E-state index is 5.51. The van der Waals surface area contributed by atoms with E-state index in [9.17, 15) is 0 Å². The van der Waals surface area contributed by atoms with E-state index in [0.717, 1.165) is 64.0 Å². The second kappa shape index (κ2) is 6.41. The third kappa shape index (κ3) is 3.41. The Morgan fingerprint density at radius 1 is 1.20 bits per heavy atom. The van der Waals surface area contributed by atoms with Crippen LogP contribution in [-0.2, 0) is 9.47 Å². The summed E-state index contributed by atoms with van der Waals surface area (Å²) in [4.78, 5) is 7.05. The van der Waals surface area contributed by atoms with Crippen molar-refractivity contribution < 1.29 is 9.47 Å². The molecule has 1 aromatic heterocycles.